The Bertz CT molecular complexity index is 582. The molecule has 0 aliphatic carbocycles. The monoisotopic (exact) mass is 232 g/mol. The van der Waals surface area contributed by atoms with Gasteiger partial charge in [-0.2, -0.15) is 0 Å². The maximum atomic E-state index is 11.2. The number of rotatable bonds is 3. The highest BCUT2D eigenvalue weighted by Crippen LogP contribution is 2.18. The Morgan fingerprint density at radius 1 is 1.12 bits per heavy atom. The zero-order chi connectivity index (χ0) is 12.3. The van der Waals surface area contributed by atoms with E-state index in [1.165, 1.54) is 6.07 Å². The number of H-pyrrole nitrogens is 2. The summed E-state index contributed by atoms with van der Waals surface area (Å²) in [6.45, 7) is 2.50. The summed E-state index contributed by atoms with van der Waals surface area (Å²) < 4.78 is 5.30. The molecule has 5 nitrogen and oxygen atoms in total. The van der Waals surface area contributed by atoms with Crippen LogP contribution in [0.15, 0.2) is 39.9 Å². The first-order valence-corrected chi connectivity index (χ1v) is 5.26. The molecule has 1 aromatic heterocycles. The molecule has 2 N–H and O–H groups in total. The lowest BCUT2D eigenvalue weighted by Crippen LogP contribution is -2.21. The molecule has 0 fully saturated rings. The highest BCUT2D eigenvalue weighted by molar-refractivity contribution is 5.59. The standard InChI is InChI=1S/C12H12N2O3/c1-2-17-9-5-3-8(4-6-9)10-7-11(15)14-12(16)13-10/h3-7H,2H2,1H3,(H2,13,14,15,16). The molecule has 17 heavy (non-hydrogen) atoms. The zero-order valence-electron chi connectivity index (χ0n) is 9.32. The molecule has 2 aromatic rings. The molecule has 0 radical (unpaired) electrons. The average molecular weight is 232 g/mol. The van der Waals surface area contributed by atoms with Crippen LogP contribution in [0.4, 0.5) is 0 Å². The van der Waals surface area contributed by atoms with Gasteiger partial charge in [-0.15, -0.1) is 0 Å². The van der Waals surface area contributed by atoms with E-state index in [1.807, 2.05) is 6.92 Å². The molecule has 2 rings (SSSR count). The number of ether oxygens (including phenoxy) is 1. The minimum atomic E-state index is -0.513. The molecule has 1 aromatic carbocycles. The SMILES string of the molecule is CCOc1ccc(-c2cc(=O)[nH]c(=O)[nH]2)cc1. The van der Waals surface area contributed by atoms with Gasteiger partial charge in [-0.25, -0.2) is 4.79 Å². The van der Waals surface area contributed by atoms with Crippen LogP contribution in [0.3, 0.4) is 0 Å². The first-order valence-electron chi connectivity index (χ1n) is 5.26. The van der Waals surface area contributed by atoms with Crippen molar-refractivity contribution < 1.29 is 4.74 Å². The highest BCUT2D eigenvalue weighted by atomic mass is 16.5. The first-order chi connectivity index (χ1) is 8.19. The quantitative estimate of drug-likeness (QED) is 0.832. The predicted molar refractivity (Wildman–Crippen MR) is 64.3 cm³/mol. The maximum Gasteiger partial charge on any atom is 0.326 e. The van der Waals surface area contributed by atoms with Gasteiger partial charge in [0.15, 0.2) is 0 Å². The summed E-state index contributed by atoms with van der Waals surface area (Å²) in [6, 6.07) is 8.50. The van der Waals surface area contributed by atoms with E-state index in [0.717, 1.165) is 11.3 Å². The summed E-state index contributed by atoms with van der Waals surface area (Å²) in [7, 11) is 0. The van der Waals surface area contributed by atoms with E-state index in [4.69, 9.17) is 4.74 Å². The van der Waals surface area contributed by atoms with Gasteiger partial charge >= 0.3 is 5.69 Å². The van der Waals surface area contributed by atoms with Crippen LogP contribution in [0.5, 0.6) is 5.75 Å². The fourth-order valence-corrected chi connectivity index (χ4v) is 1.52. The van der Waals surface area contributed by atoms with Gasteiger partial charge in [0.2, 0.25) is 0 Å². The van der Waals surface area contributed by atoms with Crippen LogP contribution < -0.4 is 16.0 Å². The van der Waals surface area contributed by atoms with Gasteiger partial charge in [0.25, 0.3) is 5.56 Å². The van der Waals surface area contributed by atoms with E-state index in [0.29, 0.717) is 12.3 Å². The Labute approximate surface area is 97.1 Å². The van der Waals surface area contributed by atoms with E-state index in [1.54, 1.807) is 24.3 Å². The van der Waals surface area contributed by atoms with Crippen molar-refractivity contribution in [1.29, 1.82) is 0 Å². The van der Waals surface area contributed by atoms with Crippen molar-refractivity contribution in [3.05, 3.63) is 51.2 Å². The van der Waals surface area contributed by atoms with Crippen molar-refractivity contribution in [1.82, 2.24) is 9.97 Å². The molecule has 0 amide bonds. The number of aromatic nitrogens is 2. The molecular weight excluding hydrogens is 220 g/mol. The molecule has 0 saturated heterocycles. The van der Waals surface area contributed by atoms with E-state index >= 15 is 0 Å². The summed E-state index contributed by atoms with van der Waals surface area (Å²) in [5, 5.41) is 0. The minimum absolute atomic E-state index is 0.419. The van der Waals surface area contributed by atoms with Crippen LogP contribution >= 0.6 is 0 Å². The number of hydrogen-bond acceptors (Lipinski definition) is 3. The van der Waals surface area contributed by atoms with Crippen LogP contribution in [0.1, 0.15) is 6.92 Å². The van der Waals surface area contributed by atoms with E-state index in [-0.39, 0.29) is 0 Å². The topological polar surface area (TPSA) is 75.0 Å². The molecule has 0 aliphatic heterocycles. The summed E-state index contributed by atoms with van der Waals surface area (Å²) in [6.07, 6.45) is 0. The predicted octanol–water partition coefficient (Wildman–Crippen LogP) is 1.13. The molecular formula is C12H12N2O3. The van der Waals surface area contributed by atoms with E-state index in [2.05, 4.69) is 9.97 Å². The Kier molecular flexibility index (Phi) is 3.09. The van der Waals surface area contributed by atoms with Crippen LogP contribution in [0, 0.1) is 0 Å². The zero-order valence-corrected chi connectivity index (χ0v) is 9.32. The Morgan fingerprint density at radius 2 is 1.82 bits per heavy atom. The van der Waals surface area contributed by atoms with Crippen molar-refractivity contribution in [3.8, 4) is 17.0 Å². The number of benzene rings is 1. The highest BCUT2D eigenvalue weighted by Gasteiger charge is 2.01. The van der Waals surface area contributed by atoms with E-state index < -0.39 is 11.2 Å². The van der Waals surface area contributed by atoms with Crippen molar-refractivity contribution >= 4 is 0 Å². The average Bonchev–Trinajstić information content (AvgIpc) is 2.29. The fourth-order valence-electron chi connectivity index (χ4n) is 1.52. The molecule has 0 unspecified atom stereocenters. The summed E-state index contributed by atoms with van der Waals surface area (Å²) in [5.74, 6) is 0.753. The van der Waals surface area contributed by atoms with Crippen molar-refractivity contribution in [2.24, 2.45) is 0 Å². The third kappa shape index (κ3) is 2.63. The third-order valence-corrected chi connectivity index (χ3v) is 2.24. The van der Waals surface area contributed by atoms with Gasteiger partial charge in [0, 0.05) is 6.07 Å². The lowest BCUT2D eigenvalue weighted by Gasteiger charge is -2.04. The summed E-state index contributed by atoms with van der Waals surface area (Å²) >= 11 is 0. The van der Waals surface area contributed by atoms with Crippen LogP contribution in [-0.2, 0) is 0 Å². The Hall–Kier alpha value is -2.30. The van der Waals surface area contributed by atoms with Gasteiger partial charge in [-0.05, 0) is 36.8 Å². The smallest absolute Gasteiger partial charge is 0.326 e. The Morgan fingerprint density at radius 3 is 2.41 bits per heavy atom. The second kappa shape index (κ2) is 4.69. The van der Waals surface area contributed by atoms with Gasteiger partial charge < -0.3 is 9.72 Å². The molecule has 0 aliphatic rings. The molecule has 0 atom stereocenters. The van der Waals surface area contributed by atoms with Crippen molar-refractivity contribution in [3.63, 3.8) is 0 Å². The number of hydrogen-bond donors (Lipinski definition) is 2. The minimum Gasteiger partial charge on any atom is -0.494 e. The first kappa shape index (κ1) is 11.2. The molecule has 88 valence electrons. The largest absolute Gasteiger partial charge is 0.494 e. The van der Waals surface area contributed by atoms with Gasteiger partial charge in [0.05, 0.1) is 12.3 Å². The lowest BCUT2D eigenvalue weighted by atomic mass is 10.1. The van der Waals surface area contributed by atoms with Gasteiger partial charge in [-0.1, -0.05) is 0 Å². The lowest BCUT2D eigenvalue weighted by molar-refractivity contribution is 0.340. The summed E-state index contributed by atoms with van der Waals surface area (Å²) in [5.41, 5.74) is 0.317. The number of nitrogens with one attached hydrogen (secondary N) is 2. The summed E-state index contributed by atoms with van der Waals surface area (Å²) in [4.78, 5) is 27.0. The van der Waals surface area contributed by atoms with Crippen LogP contribution in [0.2, 0.25) is 0 Å². The molecule has 1 heterocycles. The van der Waals surface area contributed by atoms with Gasteiger partial charge in [-0.3, -0.25) is 9.78 Å². The third-order valence-electron chi connectivity index (χ3n) is 2.24. The van der Waals surface area contributed by atoms with Crippen LogP contribution in [-0.4, -0.2) is 16.6 Å². The molecule has 0 saturated carbocycles. The maximum absolute atomic E-state index is 11.2. The Balaban J connectivity index is 2.39. The fraction of sp³-hybridized carbons (Fsp3) is 0.167. The number of aromatic amines is 2. The van der Waals surface area contributed by atoms with E-state index in [9.17, 15) is 9.59 Å². The normalized spacial score (nSPS) is 10.2. The van der Waals surface area contributed by atoms with Gasteiger partial charge in [0.1, 0.15) is 5.75 Å². The van der Waals surface area contributed by atoms with Crippen molar-refractivity contribution in [2.45, 2.75) is 6.92 Å². The molecule has 0 spiro atoms. The second-order valence-electron chi connectivity index (χ2n) is 3.46. The molecule has 0 bridgehead atoms. The second-order valence-corrected chi connectivity index (χ2v) is 3.46. The van der Waals surface area contributed by atoms with Crippen molar-refractivity contribution in [2.75, 3.05) is 6.61 Å². The molecule has 5 heteroatoms. The van der Waals surface area contributed by atoms with Crippen LogP contribution in [0.25, 0.3) is 11.3 Å².